The van der Waals surface area contributed by atoms with Crippen LogP contribution in [0.5, 0.6) is 0 Å². The lowest BCUT2D eigenvalue weighted by Crippen LogP contribution is -1.96. The summed E-state index contributed by atoms with van der Waals surface area (Å²) in [6, 6.07) is 13.3. The average Bonchev–Trinajstić information content (AvgIpc) is 2.29. The normalized spacial score (nSPS) is 12.5. The molecule has 0 N–H and O–H groups in total. The molecule has 1 atom stereocenters. The van der Waals surface area contributed by atoms with Crippen molar-refractivity contribution in [3.8, 4) is 0 Å². The fourth-order valence-corrected chi connectivity index (χ4v) is 2.66. The van der Waals surface area contributed by atoms with E-state index in [0.717, 1.165) is 11.1 Å². The Morgan fingerprint density at radius 1 is 1.00 bits per heavy atom. The minimum absolute atomic E-state index is 0.115. The van der Waals surface area contributed by atoms with E-state index in [1.165, 1.54) is 17.2 Å². The summed E-state index contributed by atoms with van der Waals surface area (Å²) in [5.41, 5.74) is 4.50. The average molecular weight is 293 g/mol. The molecule has 0 spiro atoms. The van der Waals surface area contributed by atoms with Gasteiger partial charge in [-0.3, -0.25) is 0 Å². The zero-order valence-corrected chi connectivity index (χ0v) is 11.5. The summed E-state index contributed by atoms with van der Waals surface area (Å²) < 4.78 is 13.1. The van der Waals surface area contributed by atoms with E-state index in [2.05, 4.69) is 47.1 Å². The van der Waals surface area contributed by atoms with Crippen molar-refractivity contribution in [3.05, 3.63) is 70.5 Å². The molecule has 2 aromatic carbocycles. The van der Waals surface area contributed by atoms with Gasteiger partial charge in [0.25, 0.3) is 0 Å². The Hall–Kier alpha value is -1.15. The van der Waals surface area contributed by atoms with Crippen LogP contribution in [-0.2, 0) is 0 Å². The van der Waals surface area contributed by atoms with Crippen molar-refractivity contribution >= 4 is 15.9 Å². The Balaban J connectivity index is 2.36. The Kier molecular flexibility index (Phi) is 3.63. The molecule has 0 aromatic heterocycles. The summed E-state index contributed by atoms with van der Waals surface area (Å²) >= 11 is 3.67. The van der Waals surface area contributed by atoms with Crippen LogP contribution >= 0.6 is 15.9 Å². The van der Waals surface area contributed by atoms with Crippen molar-refractivity contribution in [2.45, 2.75) is 18.7 Å². The van der Waals surface area contributed by atoms with Crippen LogP contribution in [0.1, 0.15) is 27.1 Å². The molecule has 0 heterocycles. The number of aryl methyl sites for hydroxylation is 2. The molecule has 1 unspecified atom stereocenters. The second kappa shape index (κ2) is 5.01. The van der Waals surface area contributed by atoms with Crippen LogP contribution in [0.2, 0.25) is 0 Å². The number of alkyl halides is 1. The number of hydrogen-bond acceptors (Lipinski definition) is 0. The zero-order valence-electron chi connectivity index (χ0n) is 9.87. The van der Waals surface area contributed by atoms with Gasteiger partial charge < -0.3 is 0 Å². The van der Waals surface area contributed by atoms with Crippen LogP contribution in [0.15, 0.2) is 42.5 Å². The molecule has 2 aromatic rings. The van der Waals surface area contributed by atoms with Gasteiger partial charge in [0.1, 0.15) is 5.82 Å². The molecule has 0 nitrogen and oxygen atoms in total. The van der Waals surface area contributed by atoms with E-state index < -0.39 is 0 Å². The Morgan fingerprint density at radius 2 is 1.65 bits per heavy atom. The van der Waals surface area contributed by atoms with Gasteiger partial charge in [0.05, 0.1) is 4.83 Å². The molecule has 0 radical (unpaired) electrons. The van der Waals surface area contributed by atoms with E-state index in [-0.39, 0.29) is 10.6 Å². The van der Waals surface area contributed by atoms with Crippen molar-refractivity contribution in [1.82, 2.24) is 0 Å². The summed E-state index contributed by atoms with van der Waals surface area (Å²) in [5, 5.41) is 0. The molecule has 17 heavy (non-hydrogen) atoms. The standard InChI is InChI=1S/C15H14BrF/c1-10-3-5-12(6-4-10)15(16)14-8-7-13(17)9-11(14)2/h3-9,15H,1-2H3. The van der Waals surface area contributed by atoms with Crippen LogP contribution < -0.4 is 0 Å². The predicted octanol–water partition coefficient (Wildman–Crippen LogP) is 4.93. The monoisotopic (exact) mass is 292 g/mol. The summed E-state index contributed by atoms with van der Waals surface area (Å²) in [6.45, 7) is 4.00. The maximum Gasteiger partial charge on any atom is 0.123 e. The van der Waals surface area contributed by atoms with Gasteiger partial charge in [-0.05, 0) is 42.7 Å². The van der Waals surface area contributed by atoms with Crippen LogP contribution in [-0.4, -0.2) is 0 Å². The largest absolute Gasteiger partial charge is 0.207 e. The highest BCUT2D eigenvalue weighted by Crippen LogP contribution is 2.32. The summed E-state index contributed by atoms with van der Waals surface area (Å²) in [6.07, 6.45) is 0. The Morgan fingerprint density at radius 3 is 2.24 bits per heavy atom. The summed E-state index contributed by atoms with van der Waals surface area (Å²) in [5.74, 6) is -0.185. The lowest BCUT2D eigenvalue weighted by atomic mass is 10.00. The van der Waals surface area contributed by atoms with E-state index in [9.17, 15) is 4.39 Å². The second-order valence-electron chi connectivity index (χ2n) is 4.27. The van der Waals surface area contributed by atoms with Gasteiger partial charge in [-0.2, -0.15) is 0 Å². The van der Waals surface area contributed by atoms with Crippen LogP contribution in [0.25, 0.3) is 0 Å². The fraction of sp³-hybridized carbons (Fsp3) is 0.200. The first-order valence-corrected chi connectivity index (χ1v) is 6.46. The first-order valence-electron chi connectivity index (χ1n) is 5.54. The molecular formula is C15H14BrF. The molecule has 2 rings (SSSR count). The van der Waals surface area contributed by atoms with Gasteiger partial charge in [-0.25, -0.2) is 4.39 Å². The highest BCUT2D eigenvalue weighted by atomic mass is 79.9. The van der Waals surface area contributed by atoms with Gasteiger partial charge in [0, 0.05) is 0 Å². The van der Waals surface area contributed by atoms with Gasteiger partial charge in [-0.1, -0.05) is 51.8 Å². The lowest BCUT2D eigenvalue weighted by Gasteiger charge is -2.13. The predicted molar refractivity (Wildman–Crippen MR) is 73.1 cm³/mol. The van der Waals surface area contributed by atoms with Crippen LogP contribution in [0.3, 0.4) is 0 Å². The lowest BCUT2D eigenvalue weighted by molar-refractivity contribution is 0.626. The van der Waals surface area contributed by atoms with E-state index in [4.69, 9.17) is 0 Å². The fourth-order valence-electron chi connectivity index (χ4n) is 1.84. The SMILES string of the molecule is Cc1ccc(C(Br)c2ccc(F)cc2C)cc1. The highest BCUT2D eigenvalue weighted by molar-refractivity contribution is 9.09. The summed E-state index contributed by atoms with van der Waals surface area (Å²) in [4.78, 5) is 0.115. The maximum atomic E-state index is 13.1. The maximum absolute atomic E-state index is 13.1. The number of rotatable bonds is 2. The van der Waals surface area contributed by atoms with Gasteiger partial charge in [-0.15, -0.1) is 0 Å². The molecule has 0 saturated carbocycles. The zero-order chi connectivity index (χ0) is 12.4. The molecule has 0 aliphatic carbocycles. The minimum Gasteiger partial charge on any atom is -0.207 e. The molecule has 0 aliphatic heterocycles. The van der Waals surface area contributed by atoms with Gasteiger partial charge in [0.15, 0.2) is 0 Å². The number of halogens is 2. The van der Waals surface area contributed by atoms with E-state index in [0.29, 0.717) is 0 Å². The first kappa shape index (κ1) is 12.3. The molecule has 0 amide bonds. The van der Waals surface area contributed by atoms with Crippen molar-refractivity contribution < 1.29 is 4.39 Å². The third-order valence-corrected chi connectivity index (χ3v) is 3.90. The van der Waals surface area contributed by atoms with Gasteiger partial charge >= 0.3 is 0 Å². The van der Waals surface area contributed by atoms with E-state index in [1.54, 1.807) is 6.07 Å². The van der Waals surface area contributed by atoms with Gasteiger partial charge in [0.2, 0.25) is 0 Å². The molecule has 2 heteroatoms. The van der Waals surface area contributed by atoms with Crippen LogP contribution in [0.4, 0.5) is 4.39 Å². The third kappa shape index (κ3) is 2.75. The third-order valence-electron chi connectivity index (χ3n) is 2.87. The minimum atomic E-state index is -0.185. The van der Waals surface area contributed by atoms with E-state index in [1.807, 2.05) is 13.0 Å². The van der Waals surface area contributed by atoms with Crippen LogP contribution in [0, 0.1) is 19.7 Å². The van der Waals surface area contributed by atoms with Crippen molar-refractivity contribution in [3.63, 3.8) is 0 Å². The Bertz CT molecular complexity index is 517. The topological polar surface area (TPSA) is 0 Å². The molecular weight excluding hydrogens is 279 g/mol. The summed E-state index contributed by atoms with van der Waals surface area (Å²) in [7, 11) is 0. The van der Waals surface area contributed by atoms with Crippen molar-refractivity contribution in [2.24, 2.45) is 0 Å². The first-order chi connectivity index (χ1) is 8.08. The molecule has 88 valence electrons. The van der Waals surface area contributed by atoms with E-state index >= 15 is 0 Å². The molecule has 0 aliphatic rings. The molecule has 0 saturated heterocycles. The number of hydrogen-bond donors (Lipinski definition) is 0. The smallest absolute Gasteiger partial charge is 0.123 e. The number of benzene rings is 2. The second-order valence-corrected chi connectivity index (χ2v) is 5.19. The Labute approximate surface area is 110 Å². The molecule has 0 bridgehead atoms. The highest BCUT2D eigenvalue weighted by Gasteiger charge is 2.12. The van der Waals surface area contributed by atoms with Crippen molar-refractivity contribution in [1.29, 1.82) is 0 Å². The quantitative estimate of drug-likeness (QED) is 0.689. The van der Waals surface area contributed by atoms with Crippen molar-refractivity contribution in [2.75, 3.05) is 0 Å². The molecule has 0 fully saturated rings.